The third-order valence-corrected chi connectivity index (χ3v) is 10.2. The average molecular weight is 689 g/mol. The van der Waals surface area contributed by atoms with Crippen molar-refractivity contribution in [2.45, 2.75) is 24.3 Å². The van der Waals surface area contributed by atoms with E-state index < -0.39 is 24.3 Å². The lowest BCUT2D eigenvalue weighted by Gasteiger charge is -2.51. The van der Waals surface area contributed by atoms with Gasteiger partial charge in [0.25, 0.3) is 11.8 Å². The van der Waals surface area contributed by atoms with E-state index in [0.29, 0.717) is 49.3 Å². The lowest BCUT2D eigenvalue weighted by molar-refractivity contribution is -0.172. The summed E-state index contributed by atoms with van der Waals surface area (Å²) in [7, 11) is 0. The van der Waals surface area contributed by atoms with Crippen LogP contribution in [0.1, 0.15) is 23.2 Å². The summed E-state index contributed by atoms with van der Waals surface area (Å²) >= 11 is 0. The number of β-lactam (4-membered cyclic amide) rings is 2. The lowest BCUT2D eigenvalue weighted by atomic mass is 9.88. The van der Waals surface area contributed by atoms with E-state index in [-0.39, 0.29) is 11.8 Å². The Balaban J connectivity index is 1.07. The molecule has 3 heterocycles. The number of carbonyl (C=O) groups excluding carboxylic acids is 2. The summed E-state index contributed by atoms with van der Waals surface area (Å²) in [4.78, 5) is 31.8. The van der Waals surface area contributed by atoms with Crippen molar-refractivity contribution in [3.05, 3.63) is 157 Å². The number of para-hydroxylation sites is 2. The molecule has 0 aliphatic carbocycles. The molecule has 3 aliphatic rings. The predicted octanol–water partition coefficient (Wildman–Crippen LogP) is 7.68. The SMILES string of the molecule is O=C1[C@H](Oc2cccc3ccccc23)[C@@H]2c3ccccc3OC/C=C/COc3ccccc3[C@H]3[C@@H](Oc4cccc5ccccc45)C(=O)N3CCN12. The number of carbonyl (C=O) groups is 2. The van der Waals surface area contributed by atoms with Crippen molar-refractivity contribution in [1.29, 1.82) is 0 Å². The molecular formula is C44H36N2O6. The Kier molecular flexibility index (Phi) is 8.20. The molecule has 2 amide bonds. The number of amides is 2. The minimum atomic E-state index is -0.774. The molecule has 0 aromatic heterocycles. The second-order valence-corrected chi connectivity index (χ2v) is 13.2. The molecule has 4 atom stereocenters. The highest BCUT2D eigenvalue weighted by molar-refractivity contribution is 5.93. The smallest absolute Gasteiger partial charge is 0.266 e. The molecule has 0 saturated carbocycles. The van der Waals surface area contributed by atoms with Gasteiger partial charge in [0.15, 0.2) is 0 Å². The highest BCUT2D eigenvalue weighted by Crippen LogP contribution is 2.45. The van der Waals surface area contributed by atoms with E-state index in [2.05, 4.69) is 0 Å². The molecule has 52 heavy (non-hydrogen) atoms. The lowest BCUT2D eigenvalue weighted by Crippen LogP contribution is -2.66. The van der Waals surface area contributed by atoms with Crippen LogP contribution >= 0.6 is 0 Å². The molecule has 6 aromatic rings. The van der Waals surface area contributed by atoms with E-state index >= 15 is 0 Å². The maximum Gasteiger partial charge on any atom is 0.266 e. The Morgan fingerprint density at radius 1 is 0.481 bits per heavy atom. The Morgan fingerprint density at radius 2 is 0.885 bits per heavy atom. The van der Waals surface area contributed by atoms with Crippen LogP contribution in [0.25, 0.3) is 21.5 Å². The highest BCUT2D eigenvalue weighted by Gasteiger charge is 2.54. The molecule has 0 bridgehead atoms. The summed E-state index contributed by atoms with van der Waals surface area (Å²) in [6.07, 6.45) is 2.30. The molecule has 258 valence electrons. The fourth-order valence-electron chi connectivity index (χ4n) is 7.63. The Hall–Kier alpha value is -6.28. The molecule has 0 unspecified atom stereocenters. The van der Waals surface area contributed by atoms with Gasteiger partial charge in [-0.1, -0.05) is 109 Å². The van der Waals surface area contributed by atoms with E-state index in [1.165, 1.54) is 0 Å². The Labute approximate surface area is 301 Å². The van der Waals surface area contributed by atoms with Gasteiger partial charge in [-0.3, -0.25) is 9.59 Å². The highest BCUT2D eigenvalue weighted by atomic mass is 16.5. The van der Waals surface area contributed by atoms with Gasteiger partial charge in [0.2, 0.25) is 12.2 Å². The molecule has 3 aliphatic heterocycles. The molecule has 8 heteroatoms. The fourth-order valence-corrected chi connectivity index (χ4v) is 7.63. The third-order valence-electron chi connectivity index (χ3n) is 10.2. The topological polar surface area (TPSA) is 77.5 Å². The summed E-state index contributed by atoms with van der Waals surface area (Å²) in [6.45, 7) is 1.23. The first-order valence-corrected chi connectivity index (χ1v) is 17.6. The largest absolute Gasteiger partial charge is 0.489 e. The van der Waals surface area contributed by atoms with Crippen molar-refractivity contribution in [3.63, 3.8) is 0 Å². The van der Waals surface area contributed by atoms with Crippen molar-refractivity contribution >= 4 is 33.4 Å². The Morgan fingerprint density at radius 3 is 1.37 bits per heavy atom. The van der Waals surface area contributed by atoms with Crippen molar-refractivity contribution in [2.24, 2.45) is 0 Å². The second-order valence-electron chi connectivity index (χ2n) is 13.2. The van der Waals surface area contributed by atoms with Crippen LogP contribution in [0, 0.1) is 0 Å². The summed E-state index contributed by atoms with van der Waals surface area (Å²) in [5.74, 6) is 2.33. The van der Waals surface area contributed by atoms with Crippen molar-refractivity contribution in [3.8, 4) is 23.0 Å². The van der Waals surface area contributed by atoms with Gasteiger partial charge >= 0.3 is 0 Å². The van der Waals surface area contributed by atoms with Crippen LogP contribution in [0.15, 0.2) is 146 Å². The fraction of sp³-hybridized carbons (Fsp3) is 0.182. The minimum Gasteiger partial charge on any atom is -0.489 e. The van der Waals surface area contributed by atoms with Crippen molar-refractivity contribution in [2.75, 3.05) is 26.3 Å². The monoisotopic (exact) mass is 688 g/mol. The molecule has 6 aromatic carbocycles. The summed E-state index contributed by atoms with van der Waals surface area (Å²) in [5, 5.41) is 3.94. The number of hydrogen-bond acceptors (Lipinski definition) is 6. The summed E-state index contributed by atoms with van der Waals surface area (Å²) < 4.78 is 25.7. The molecule has 9 rings (SSSR count). The minimum absolute atomic E-state index is 0.148. The van der Waals surface area contributed by atoms with Crippen LogP contribution in [0.5, 0.6) is 23.0 Å². The quantitative estimate of drug-likeness (QED) is 0.140. The third kappa shape index (κ3) is 5.57. The number of nitrogens with zero attached hydrogens (tertiary/aromatic N) is 2. The summed E-state index contributed by atoms with van der Waals surface area (Å²) in [5.41, 5.74) is 1.69. The zero-order valence-electron chi connectivity index (χ0n) is 28.3. The van der Waals surface area contributed by atoms with E-state index in [1.807, 2.05) is 146 Å². The van der Waals surface area contributed by atoms with Crippen LogP contribution in [-0.4, -0.2) is 60.1 Å². The van der Waals surface area contributed by atoms with Gasteiger partial charge in [-0.15, -0.1) is 0 Å². The van der Waals surface area contributed by atoms with Gasteiger partial charge < -0.3 is 28.7 Å². The number of ether oxygens (including phenoxy) is 4. The molecular weight excluding hydrogens is 652 g/mol. The molecule has 0 radical (unpaired) electrons. The van der Waals surface area contributed by atoms with Crippen molar-refractivity contribution in [1.82, 2.24) is 9.80 Å². The molecule has 0 spiro atoms. The zero-order valence-corrected chi connectivity index (χ0v) is 28.3. The van der Waals surface area contributed by atoms with Gasteiger partial charge in [-0.2, -0.15) is 0 Å². The zero-order chi connectivity index (χ0) is 35.0. The molecule has 2 fully saturated rings. The van der Waals surface area contributed by atoms with Crippen LogP contribution in [0.3, 0.4) is 0 Å². The van der Waals surface area contributed by atoms with Crippen LogP contribution < -0.4 is 18.9 Å². The van der Waals surface area contributed by atoms with E-state index in [9.17, 15) is 9.59 Å². The maximum absolute atomic E-state index is 14.1. The van der Waals surface area contributed by atoms with Gasteiger partial charge in [-0.25, -0.2) is 0 Å². The molecule has 2 saturated heterocycles. The number of fused-ring (bicyclic) bond motifs is 8. The van der Waals surface area contributed by atoms with Gasteiger partial charge in [0.1, 0.15) is 48.3 Å². The number of rotatable bonds is 4. The Bertz CT molecular complexity index is 2160. The van der Waals surface area contributed by atoms with Gasteiger partial charge in [0, 0.05) is 35.0 Å². The first kappa shape index (κ1) is 31.7. The van der Waals surface area contributed by atoms with E-state index in [0.717, 1.165) is 32.7 Å². The number of benzene rings is 6. The standard InChI is InChI=1S/C44H36N2O6/c47-43-41(51-37-23-11-15-29-13-1-3-17-31(29)37)39-33-19-5-7-21-35(33)49-27-9-10-28-50-36-22-8-6-20-34(36)40-42(44(48)46(40)26-25-45(39)43)52-38-24-12-16-30-14-2-4-18-32(30)38/h1-24,39-42H,25-28H2/b10-9+/t39-,40-,41+,42+/m0/s1. The predicted molar refractivity (Wildman–Crippen MR) is 199 cm³/mol. The molecule has 8 nitrogen and oxygen atoms in total. The van der Waals surface area contributed by atoms with Crippen LogP contribution in [-0.2, 0) is 9.59 Å². The van der Waals surface area contributed by atoms with Crippen LogP contribution in [0.4, 0.5) is 0 Å². The summed E-state index contributed by atoms with van der Waals surface area (Å²) in [6, 6.07) is 42.4. The first-order valence-electron chi connectivity index (χ1n) is 17.6. The van der Waals surface area contributed by atoms with Crippen LogP contribution in [0.2, 0.25) is 0 Å². The average Bonchev–Trinajstić information content (AvgIpc) is 3.19. The normalized spacial score (nSPS) is 22.0. The van der Waals surface area contributed by atoms with Crippen molar-refractivity contribution < 1.29 is 28.5 Å². The van der Waals surface area contributed by atoms with Gasteiger partial charge in [-0.05, 0) is 47.2 Å². The number of hydrogen-bond donors (Lipinski definition) is 0. The molecule has 0 N–H and O–H groups in total. The second kappa shape index (κ2) is 13.5. The van der Waals surface area contributed by atoms with Gasteiger partial charge in [0.05, 0.1) is 0 Å². The van der Waals surface area contributed by atoms with E-state index in [4.69, 9.17) is 18.9 Å². The van der Waals surface area contributed by atoms with E-state index in [1.54, 1.807) is 9.80 Å². The first-order chi connectivity index (χ1) is 25.7. The maximum atomic E-state index is 14.1.